The maximum atomic E-state index is 11.6. The Bertz CT molecular complexity index is 623. The monoisotopic (exact) mass is 257 g/mol. The molecule has 0 amide bonds. The summed E-state index contributed by atoms with van der Waals surface area (Å²) in [6.07, 6.45) is 0. The van der Waals surface area contributed by atoms with E-state index in [1.165, 1.54) is 25.1 Å². The number of benzene rings is 2. The van der Waals surface area contributed by atoms with Crippen LogP contribution in [0.2, 0.25) is 0 Å². The van der Waals surface area contributed by atoms with Crippen molar-refractivity contribution in [2.45, 2.75) is 6.92 Å². The molecule has 0 heterocycles. The van der Waals surface area contributed by atoms with Crippen molar-refractivity contribution in [3.8, 4) is 11.5 Å². The summed E-state index contributed by atoms with van der Waals surface area (Å²) in [4.78, 5) is 21.9. The van der Waals surface area contributed by atoms with E-state index in [0.29, 0.717) is 5.75 Å². The molecule has 96 valence electrons. The molecule has 2 aromatic carbocycles. The molecule has 0 aliphatic heterocycles. The number of nitro benzene ring substituents is 1. The van der Waals surface area contributed by atoms with Crippen LogP contribution in [0.5, 0.6) is 11.5 Å². The molecule has 2 aromatic rings. The molecule has 0 radical (unpaired) electrons. The number of Topliss-reactive ketones (excluding diaryl/α,β-unsaturated/α-hetero) is 1. The van der Waals surface area contributed by atoms with E-state index in [-0.39, 0.29) is 17.0 Å². The molecule has 2 rings (SSSR count). The van der Waals surface area contributed by atoms with E-state index >= 15 is 0 Å². The Morgan fingerprint density at radius 3 is 2.37 bits per heavy atom. The van der Waals surface area contributed by atoms with Crippen LogP contribution >= 0.6 is 0 Å². The van der Waals surface area contributed by atoms with Gasteiger partial charge in [0.2, 0.25) is 0 Å². The Labute approximate surface area is 109 Å². The molecule has 0 aliphatic rings. The Hall–Kier alpha value is -2.69. The molecule has 0 saturated carbocycles. The fourth-order valence-corrected chi connectivity index (χ4v) is 1.73. The highest BCUT2D eigenvalue weighted by Crippen LogP contribution is 2.32. The van der Waals surface area contributed by atoms with Gasteiger partial charge in [-0.1, -0.05) is 24.3 Å². The second kappa shape index (κ2) is 5.30. The van der Waals surface area contributed by atoms with Crippen molar-refractivity contribution in [1.82, 2.24) is 0 Å². The van der Waals surface area contributed by atoms with Crippen LogP contribution in [0.25, 0.3) is 0 Å². The summed E-state index contributed by atoms with van der Waals surface area (Å²) in [6.45, 7) is 1.28. The predicted molar refractivity (Wildman–Crippen MR) is 69.6 cm³/mol. The number of carbonyl (C=O) groups excluding carboxylic acids is 1. The normalized spacial score (nSPS) is 9.95. The molecule has 0 aliphatic carbocycles. The minimum absolute atomic E-state index is 0.0173. The van der Waals surface area contributed by atoms with Gasteiger partial charge in [0.1, 0.15) is 17.1 Å². The minimum atomic E-state index is -0.589. The molecule has 0 fully saturated rings. The van der Waals surface area contributed by atoms with Crippen molar-refractivity contribution >= 4 is 11.5 Å². The zero-order valence-corrected chi connectivity index (χ0v) is 10.2. The lowest BCUT2D eigenvalue weighted by Crippen LogP contribution is -2.02. The van der Waals surface area contributed by atoms with Gasteiger partial charge in [0, 0.05) is 6.07 Å². The molecule has 0 bridgehead atoms. The number of ketones is 1. The maximum Gasteiger partial charge on any atom is 0.283 e. The quantitative estimate of drug-likeness (QED) is 0.476. The summed E-state index contributed by atoms with van der Waals surface area (Å²) in [5.74, 6) is 0.302. The Balaban J connectivity index is 2.48. The molecule has 0 aromatic heterocycles. The number of rotatable bonds is 4. The van der Waals surface area contributed by atoms with Crippen LogP contribution in [-0.2, 0) is 0 Å². The number of para-hydroxylation sites is 1. The highest BCUT2D eigenvalue weighted by Gasteiger charge is 2.22. The van der Waals surface area contributed by atoms with Gasteiger partial charge in [-0.25, -0.2) is 0 Å². The zero-order valence-electron chi connectivity index (χ0n) is 10.2. The maximum absolute atomic E-state index is 11.6. The molecule has 5 nitrogen and oxygen atoms in total. The average molecular weight is 257 g/mol. The molecular formula is C14H11NO4. The zero-order chi connectivity index (χ0) is 13.8. The third-order valence-electron chi connectivity index (χ3n) is 2.52. The first-order valence-electron chi connectivity index (χ1n) is 5.61. The van der Waals surface area contributed by atoms with Gasteiger partial charge in [-0.2, -0.15) is 0 Å². The summed E-state index contributed by atoms with van der Waals surface area (Å²) >= 11 is 0. The lowest BCUT2D eigenvalue weighted by molar-refractivity contribution is -0.385. The van der Waals surface area contributed by atoms with E-state index in [1.54, 1.807) is 24.3 Å². The molecule has 0 spiro atoms. The average Bonchev–Trinajstić information content (AvgIpc) is 2.39. The molecule has 0 saturated heterocycles. The lowest BCUT2D eigenvalue weighted by Gasteiger charge is -2.09. The fourth-order valence-electron chi connectivity index (χ4n) is 1.73. The van der Waals surface area contributed by atoms with E-state index in [9.17, 15) is 14.9 Å². The highest BCUT2D eigenvalue weighted by atomic mass is 16.6. The van der Waals surface area contributed by atoms with Crippen LogP contribution in [0.3, 0.4) is 0 Å². The summed E-state index contributed by atoms with van der Waals surface area (Å²) in [6, 6.07) is 13.1. The Morgan fingerprint density at radius 1 is 1.11 bits per heavy atom. The summed E-state index contributed by atoms with van der Waals surface area (Å²) in [5, 5.41) is 10.9. The largest absolute Gasteiger partial charge is 0.456 e. The number of ether oxygens (including phenoxy) is 1. The van der Waals surface area contributed by atoms with Gasteiger partial charge in [0.05, 0.1) is 4.92 Å². The van der Waals surface area contributed by atoms with Gasteiger partial charge in [-0.3, -0.25) is 14.9 Å². The van der Waals surface area contributed by atoms with E-state index in [2.05, 4.69) is 0 Å². The third kappa shape index (κ3) is 2.77. The molecule has 0 unspecified atom stereocenters. The predicted octanol–water partition coefficient (Wildman–Crippen LogP) is 3.59. The number of carbonyl (C=O) groups is 1. The minimum Gasteiger partial charge on any atom is -0.456 e. The van der Waals surface area contributed by atoms with Gasteiger partial charge in [-0.05, 0) is 25.1 Å². The fraction of sp³-hybridized carbons (Fsp3) is 0.0714. The van der Waals surface area contributed by atoms with Gasteiger partial charge in [0.25, 0.3) is 5.69 Å². The van der Waals surface area contributed by atoms with Crippen LogP contribution in [-0.4, -0.2) is 10.7 Å². The first kappa shape index (κ1) is 12.8. The number of hydrogen-bond acceptors (Lipinski definition) is 4. The smallest absolute Gasteiger partial charge is 0.283 e. The van der Waals surface area contributed by atoms with E-state index in [1.807, 2.05) is 6.07 Å². The van der Waals surface area contributed by atoms with Gasteiger partial charge >= 0.3 is 0 Å². The number of nitrogens with zero attached hydrogens (tertiary/aromatic N) is 1. The van der Waals surface area contributed by atoms with E-state index in [4.69, 9.17) is 4.74 Å². The molecule has 19 heavy (non-hydrogen) atoms. The van der Waals surface area contributed by atoms with Crippen molar-refractivity contribution in [2.75, 3.05) is 0 Å². The molecular weight excluding hydrogens is 246 g/mol. The van der Waals surface area contributed by atoms with Crippen LogP contribution in [0.4, 0.5) is 5.69 Å². The summed E-state index contributed by atoms with van der Waals surface area (Å²) in [7, 11) is 0. The number of nitro groups is 1. The third-order valence-corrected chi connectivity index (χ3v) is 2.52. The SMILES string of the molecule is CC(=O)c1c(Oc2ccccc2)cccc1[N+](=O)[O-]. The van der Waals surface area contributed by atoms with Gasteiger partial charge in [0.15, 0.2) is 5.78 Å². The Kier molecular flexibility index (Phi) is 3.56. The second-order valence-corrected chi connectivity index (χ2v) is 3.88. The molecule has 0 atom stereocenters. The highest BCUT2D eigenvalue weighted by molar-refractivity contribution is 6.00. The first-order valence-corrected chi connectivity index (χ1v) is 5.61. The van der Waals surface area contributed by atoms with Crippen LogP contribution in [0, 0.1) is 10.1 Å². The van der Waals surface area contributed by atoms with Crippen LogP contribution < -0.4 is 4.74 Å². The number of hydrogen-bond donors (Lipinski definition) is 0. The first-order chi connectivity index (χ1) is 9.09. The second-order valence-electron chi connectivity index (χ2n) is 3.88. The summed E-state index contributed by atoms with van der Waals surface area (Å²) < 4.78 is 5.54. The van der Waals surface area contributed by atoms with Crippen molar-refractivity contribution in [1.29, 1.82) is 0 Å². The molecule has 5 heteroatoms. The van der Waals surface area contributed by atoms with Crippen molar-refractivity contribution in [3.63, 3.8) is 0 Å². The van der Waals surface area contributed by atoms with Crippen LogP contribution in [0.15, 0.2) is 48.5 Å². The Morgan fingerprint density at radius 2 is 1.79 bits per heavy atom. The van der Waals surface area contributed by atoms with Gasteiger partial charge < -0.3 is 4.74 Å². The van der Waals surface area contributed by atoms with Crippen molar-refractivity contribution < 1.29 is 14.5 Å². The van der Waals surface area contributed by atoms with E-state index in [0.717, 1.165) is 0 Å². The topological polar surface area (TPSA) is 69.4 Å². The van der Waals surface area contributed by atoms with Crippen molar-refractivity contribution in [2.24, 2.45) is 0 Å². The van der Waals surface area contributed by atoms with E-state index < -0.39 is 10.7 Å². The van der Waals surface area contributed by atoms with Gasteiger partial charge in [-0.15, -0.1) is 0 Å². The standard InChI is InChI=1S/C14H11NO4/c1-10(16)14-12(15(17)18)8-5-9-13(14)19-11-6-3-2-4-7-11/h2-9H,1H3. The lowest BCUT2D eigenvalue weighted by atomic mass is 10.1. The summed E-state index contributed by atoms with van der Waals surface area (Å²) in [5.41, 5.74) is -0.266. The molecule has 0 N–H and O–H groups in total. The van der Waals surface area contributed by atoms with Crippen LogP contribution in [0.1, 0.15) is 17.3 Å². The van der Waals surface area contributed by atoms with Crippen molar-refractivity contribution in [3.05, 3.63) is 64.2 Å².